The number of aromatic amines is 1. The summed E-state index contributed by atoms with van der Waals surface area (Å²) >= 11 is 6.27. The summed E-state index contributed by atoms with van der Waals surface area (Å²) in [5.41, 5.74) is 4.11. The second-order valence-corrected chi connectivity index (χ2v) is 6.53. The number of fused-ring (bicyclic) bond motifs is 1. The molecule has 0 bridgehead atoms. The second-order valence-electron chi connectivity index (χ2n) is 6.12. The van der Waals surface area contributed by atoms with Gasteiger partial charge in [-0.2, -0.15) is 0 Å². The Morgan fingerprint density at radius 3 is 2.82 bits per heavy atom. The molecule has 140 valence electrons. The summed E-state index contributed by atoms with van der Waals surface area (Å²) in [6.45, 7) is 3.25. The van der Waals surface area contributed by atoms with Gasteiger partial charge in [0, 0.05) is 24.4 Å². The number of rotatable bonds is 4. The van der Waals surface area contributed by atoms with Crippen LogP contribution in [-0.2, 0) is 4.79 Å². The van der Waals surface area contributed by atoms with Crippen molar-refractivity contribution >= 4 is 45.9 Å². The number of pyridine rings is 1. The molecule has 0 aliphatic heterocycles. The number of anilines is 3. The van der Waals surface area contributed by atoms with Gasteiger partial charge in [-0.05, 0) is 37.3 Å². The van der Waals surface area contributed by atoms with Crippen molar-refractivity contribution in [3.8, 4) is 11.3 Å². The summed E-state index contributed by atoms with van der Waals surface area (Å²) in [5.74, 6) is 1.05. The molecule has 0 atom stereocenters. The SMILES string of the molecule is CC(=O)Nc1ccc(Nc2ncccc2-c2nc(C)nc3nc[nH]c23)cc1Cl. The standard InChI is InChI=1S/C19H16ClN7O/c1-10-24-16(17-19(25-10)23-9-22-17)13-4-3-7-21-18(13)27-12-5-6-15(14(20)8-12)26-11(2)28/h3-9H,1-2H3,(H,21,27)(H,26,28)(H,22,23,24,25). The highest BCUT2D eigenvalue weighted by molar-refractivity contribution is 6.34. The van der Waals surface area contributed by atoms with Gasteiger partial charge in [-0.25, -0.2) is 19.9 Å². The Hall–Kier alpha value is -3.52. The molecular weight excluding hydrogens is 378 g/mol. The van der Waals surface area contributed by atoms with Gasteiger partial charge in [-0.1, -0.05) is 11.6 Å². The maximum atomic E-state index is 11.2. The molecule has 3 aromatic heterocycles. The highest BCUT2D eigenvalue weighted by atomic mass is 35.5. The summed E-state index contributed by atoms with van der Waals surface area (Å²) in [6.07, 6.45) is 3.28. The number of aromatic nitrogens is 5. The third-order valence-corrected chi connectivity index (χ3v) is 4.32. The lowest BCUT2D eigenvalue weighted by atomic mass is 10.1. The minimum Gasteiger partial charge on any atom is -0.341 e. The molecule has 0 spiro atoms. The average Bonchev–Trinajstić information content (AvgIpc) is 3.12. The molecule has 9 heteroatoms. The fourth-order valence-corrected chi connectivity index (χ4v) is 3.08. The summed E-state index contributed by atoms with van der Waals surface area (Å²) < 4.78 is 0. The fraction of sp³-hybridized carbons (Fsp3) is 0.105. The van der Waals surface area contributed by atoms with Crippen molar-refractivity contribution in [1.82, 2.24) is 24.9 Å². The molecule has 3 N–H and O–H groups in total. The van der Waals surface area contributed by atoms with Crippen LogP contribution in [0.25, 0.3) is 22.4 Å². The van der Waals surface area contributed by atoms with Crippen molar-refractivity contribution in [2.75, 3.05) is 10.6 Å². The van der Waals surface area contributed by atoms with Crippen LogP contribution in [0.3, 0.4) is 0 Å². The number of carbonyl (C=O) groups excluding carboxylic acids is 1. The van der Waals surface area contributed by atoms with Crippen LogP contribution in [0.15, 0.2) is 42.9 Å². The summed E-state index contributed by atoms with van der Waals surface area (Å²) in [6, 6.07) is 9.03. The highest BCUT2D eigenvalue weighted by Gasteiger charge is 2.15. The van der Waals surface area contributed by atoms with E-state index in [9.17, 15) is 4.79 Å². The molecule has 3 heterocycles. The highest BCUT2D eigenvalue weighted by Crippen LogP contribution is 2.32. The Morgan fingerprint density at radius 2 is 2.04 bits per heavy atom. The van der Waals surface area contributed by atoms with Gasteiger partial charge in [0.05, 0.1) is 17.0 Å². The van der Waals surface area contributed by atoms with Crippen molar-refractivity contribution in [1.29, 1.82) is 0 Å². The number of hydrogen-bond acceptors (Lipinski definition) is 6. The van der Waals surface area contributed by atoms with Gasteiger partial charge in [0.15, 0.2) is 5.65 Å². The Balaban J connectivity index is 1.74. The topological polar surface area (TPSA) is 108 Å². The lowest BCUT2D eigenvalue weighted by molar-refractivity contribution is -0.114. The molecule has 0 aliphatic carbocycles. The van der Waals surface area contributed by atoms with E-state index in [1.54, 1.807) is 24.7 Å². The van der Waals surface area contributed by atoms with Crippen LogP contribution in [0.2, 0.25) is 5.02 Å². The van der Waals surface area contributed by atoms with E-state index in [2.05, 4.69) is 35.6 Å². The number of aryl methyl sites for hydroxylation is 1. The van der Waals surface area contributed by atoms with E-state index in [0.29, 0.717) is 33.7 Å². The first-order chi connectivity index (χ1) is 13.5. The minimum atomic E-state index is -0.183. The first-order valence-corrected chi connectivity index (χ1v) is 8.86. The van der Waals surface area contributed by atoms with E-state index in [4.69, 9.17) is 11.6 Å². The van der Waals surface area contributed by atoms with Crippen molar-refractivity contribution in [2.24, 2.45) is 0 Å². The molecule has 0 fully saturated rings. The van der Waals surface area contributed by atoms with Gasteiger partial charge >= 0.3 is 0 Å². The lowest BCUT2D eigenvalue weighted by Crippen LogP contribution is -2.06. The molecular formula is C19H16ClN7O. The second kappa shape index (κ2) is 7.24. The number of amides is 1. The van der Waals surface area contributed by atoms with E-state index >= 15 is 0 Å². The molecule has 1 amide bonds. The van der Waals surface area contributed by atoms with Gasteiger partial charge in [-0.15, -0.1) is 0 Å². The van der Waals surface area contributed by atoms with Crippen molar-refractivity contribution in [2.45, 2.75) is 13.8 Å². The van der Waals surface area contributed by atoms with Crippen LogP contribution in [0.4, 0.5) is 17.2 Å². The predicted molar refractivity (Wildman–Crippen MR) is 109 cm³/mol. The molecule has 4 aromatic rings. The van der Waals surface area contributed by atoms with Crippen LogP contribution in [0.5, 0.6) is 0 Å². The Bertz CT molecular complexity index is 1190. The normalized spacial score (nSPS) is 10.8. The largest absolute Gasteiger partial charge is 0.341 e. The number of imidazole rings is 1. The number of carbonyl (C=O) groups is 1. The zero-order valence-electron chi connectivity index (χ0n) is 15.1. The zero-order chi connectivity index (χ0) is 19.7. The average molecular weight is 394 g/mol. The van der Waals surface area contributed by atoms with Gasteiger partial charge < -0.3 is 15.6 Å². The zero-order valence-corrected chi connectivity index (χ0v) is 15.9. The van der Waals surface area contributed by atoms with Crippen LogP contribution >= 0.6 is 11.6 Å². The van der Waals surface area contributed by atoms with Gasteiger partial charge in [0.25, 0.3) is 0 Å². The molecule has 1 aromatic carbocycles. The van der Waals surface area contributed by atoms with Crippen LogP contribution < -0.4 is 10.6 Å². The van der Waals surface area contributed by atoms with E-state index in [0.717, 1.165) is 16.8 Å². The van der Waals surface area contributed by atoms with Crippen LogP contribution in [0.1, 0.15) is 12.7 Å². The fourth-order valence-electron chi connectivity index (χ4n) is 2.85. The number of nitrogens with one attached hydrogen (secondary N) is 3. The third kappa shape index (κ3) is 3.49. The van der Waals surface area contributed by atoms with Gasteiger partial charge in [0.2, 0.25) is 5.91 Å². The maximum absolute atomic E-state index is 11.2. The van der Waals surface area contributed by atoms with Gasteiger partial charge in [0.1, 0.15) is 22.9 Å². The first-order valence-electron chi connectivity index (χ1n) is 8.48. The van der Waals surface area contributed by atoms with Crippen molar-refractivity contribution < 1.29 is 4.79 Å². The van der Waals surface area contributed by atoms with Gasteiger partial charge in [-0.3, -0.25) is 4.79 Å². The smallest absolute Gasteiger partial charge is 0.221 e. The number of hydrogen-bond donors (Lipinski definition) is 3. The third-order valence-electron chi connectivity index (χ3n) is 4.00. The molecule has 8 nitrogen and oxygen atoms in total. The van der Waals surface area contributed by atoms with E-state index in [1.807, 2.05) is 25.1 Å². The number of benzene rings is 1. The van der Waals surface area contributed by atoms with Crippen molar-refractivity contribution in [3.05, 3.63) is 53.7 Å². The first kappa shape index (κ1) is 17.9. The maximum Gasteiger partial charge on any atom is 0.221 e. The molecule has 0 saturated heterocycles. The van der Waals surface area contributed by atoms with E-state index < -0.39 is 0 Å². The predicted octanol–water partition coefficient (Wildman–Crippen LogP) is 4.08. The molecule has 28 heavy (non-hydrogen) atoms. The molecule has 4 rings (SSSR count). The Kier molecular flexibility index (Phi) is 4.62. The molecule has 0 radical (unpaired) electrons. The molecule has 0 aliphatic rings. The monoisotopic (exact) mass is 393 g/mol. The number of halogens is 1. The number of H-pyrrole nitrogens is 1. The van der Waals surface area contributed by atoms with Crippen LogP contribution in [-0.4, -0.2) is 30.8 Å². The summed E-state index contributed by atoms with van der Waals surface area (Å²) in [4.78, 5) is 31.9. The molecule has 0 unspecified atom stereocenters. The summed E-state index contributed by atoms with van der Waals surface area (Å²) in [5, 5.41) is 6.37. The minimum absolute atomic E-state index is 0.183. The van der Waals surface area contributed by atoms with Crippen molar-refractivity contribution in [3.63, 3.8) is 0 Å². The lowest BCUT2D eigenvalue weighted by Gasteiger charge is -2.13. The quantitative estimate of drug-likeness (QED) is 0.482. The Morgan fingerprint density at radius 1 is 1.18 bits per heavy atom. The molecule has 0 saturated carbocycles. The van der Waals surface area contributed by atoms with Crippen LogP contribution in [0, 0.1) is 6.92 Å². The Labute approximate surface area is 165 Å². The van der Waals surface area contributed by atoms with E-state index in [1.165, 1.54) is 6.92 Å². The summed E-state index contributed by atoms with van der Waals surface area (Å²) in [7, 11) is 0. The number of nitrogens with zero attached hydrogens (tertiary/aromatic N) is 4. The van der Waals surface area contributed by atoms with E-state index in [-0.39, 0.29) is 5.91 Å².